The second-order valence-corrected chi connectivity index (χ2v) is 7.52. The highest BCUT2D eigenvalue weighted by Gasteiger charge is 2.14. The van der Waals surface area contributed by atoms with Crippen LogP contribution in [0, 0.1) is 13.8 Å². The molecule has 1 N–H and O–H groups in total. The molecular weight excluding hydrogens is 402 g/mol. The molecule has 2 aromatic carbocycles. The molecule has 4 rings (SSSR count). The van der Waals surface area contributed by atoms with Gasteiger partial charge in [0.05, 0.1) is 11.9 Å². The Morgan fingerprint density at radius 3 is 2.70 bits per heavy atom. The lowest BCUT2D eigenvalue weighted by Gasteiger charge is -2.09. The number of fused-ring (bicyclic) bond motifs is 1. The Morgan fingerprint density at radius 1 is 1.13 bits per heavy atom. The molecule has 0 radical (unpaired) electrons. The Balaban J connectivity index is 1.55. The van der Waals surface area contributed by atoms with Crippen LogP contribution in [0.25, 0.3) is 16.7 Å². The summed E-state index contributed by atoms with van der Waals surface area (Å²) in [5.74, 6) is -0.306. The summed E-state index contributed by atoms with van der Waals surface area (Å²) in [7, 11) is 0. The predicted molar refractivity (Wildman–Crippen MR) is 116 cm³/mol. The minimum Gasteiger partial charge on any atom is -0.350 e. The lowest BCUT2D eigenvalue weighted by atomic mass is 10.1. The van der Waals surface area contributed by atoms with Gasteiger partial charge in [-0.15, -0.1) is 0 Å². The van der Waals surface area contributed by atoms with Gasteiger partial charge in [-0.1, -0.05) is 35.9 Å². The number of nitrogens with one attached hydrogen (secondary N) is 1. The predicted octanol–water partition coefficient (Wildman–Crippen LogP) is 3.17. The molecule has 0 aliphatic heterocycles. The van der Waals surface area contributed by atoms with E-state index in [1.165, 1.54) is 22.7 Å². The smallest absolute Gasteiger partial charge is 0.264 e. The van der Waals surface area contributed by atoms with Crippen molar-refractivity contribution >= 4 is 28.5 Å². The van der Waals surface area contributed by atoms with Crippen molar-refractivity contribution in [2.24, 2.45) is 0 Å². The van der Waals surface area contributed by atoms with Crippen LogP contribution in [0.1, 0.15) is 16.7 Å². The number of nitrogens with zero attached hydrogens (tertiary/aromatic N) is 4. The quantitative estimate of drug-likeness (QED) is 0.536. The van der Waals surface area contributed by atoms with Gasteiger partial charge >= 0.3 is 0 Å². The SMILES string of the molecule is Cc1ccc(-n2ncc3c(=O)n(CC(=O)NCc4ccccc4Cl)cnc32)cc1C. The Kier molecular flexibility index (Phi) is 5.37. The number of aromatic nitrogens is 4. The Labute approximate surface area is 177 Å². The topological polar surface area (TPSA) is 81.8 Å². The Hall–Kier alpha value is -3.45. The molecule has 1 amide bonds. The molecule has 0 spiro atoms. The molecule has 0 bridgehead atoms. The van der Waals surface area contributed by atoms with Gasteiger partial charge in [0.2, 0.25) is 5.91 Å². The van der Waals surface area contributed by atoms with Gasteiger partial charge in [0, 0.05) is 11.6 Å². The van der Waals surface area contributed by atoms with E-state index in [0.29, 0.717) is 16.1 Å². The number of halogens is 1. The summed E-state index contributed by atoms with van der Waals surface area (Å²) in [5.41, 5.74) is 4.07. The van der Waals surface area contributed by atoms with Crippen molar-refractivity contribution in [3.8, 4) is 5.69 Å². The van der Waals surface area contributed by atoms with E-state index in [4.69, 9.17) is 11.6 Å². The van der Waals surface area contributed by atoms with E-state index < -0.39 is 0 Å². The van der Waals surface area contributed by atoms with Crippen molar-refractivity contribution in [2.75, 3.05) is 0 Å². The van der Waals surface area contributed by atoms with Crippen LogP contribution in [-0.4, -0.2) is 25.2 Å². The molecule has 30 heavy (non-hydrogen) atoms. The molecule has 2 aromatic heterocycles. The number of hydrogen-bond acceptors (Lipinski definition) is 4. The highest BCUT2D eigenvalue weighted by Crippen LogP contribution is 2.17. The third-order valence-electron chi connectivity index (χ3n) is 5.04. The molecule has 0 aliphatic rings. The van der Waals surface area contributed by atoms with Crippen LogP contribution in [0.15, 0.2) is 59.8 Å². The van der Waals surface area contributed by atoms with Gasteiger partial charge in [-0.2, -0.15) is 5.10 Å². The lowest BCUT2D eigenvalue weighted by Crippen LogP contribution is -2.32. The van der Waals surface area contributed by atoms with E-state index in [9.17, 15) is 9.59 Å². The van der Waals surface area contributed by atoms with Gasteiger partial charge in [-0.25, -0.2) is 9.67 Å². The van der Waals surface area contributed by atoms with E-state index in [0.717, 1.165) is 16.8 Å². The molecule has 0 atom stereocenters. The molecule has 152 valence electrons. The van der Waals surface area contributed by atoms with Gasteiger partial charge in [0.15, 0.2) is 5.65 Å². The zero-order valence-corrected chi connectivity index (χ0v) is 17.3. The summed E-state index contributed by atoms with van der Waals surface area (Å²) in [6.07, 6.45) is 2.86. The number of rotatable bonds is 5. The van der Waals surface area contributed by atoms with Gasteiger partial charge in [-0.3, -0.25) is 14.2 Å². The number of amides is 1. The summed E-state index contributed by atoms with van der Waals surface area (Å²) in [5, 5.41) is 8.04. The van der Waals surface area contributed by atoms with E-state index in [1.807, 2.05) is 50.2 Å². The number of benzene rings is 2. The van der Waals surface area contributed by atoms with E-state index in [1.54, 1.807) is 10.7 Å². The second kappa shape index (κ2) is 8.12. The average Bonchev–Trinajstić information content (AvgIpc) is 3.16. The van der Waals surface area contributed by atoms with E-state index in [-0.39, 0.29) is 24.6 Å². The van der Waals surface area contributed by atoms with Crippen molar-refractivity contribution in [2.45, 2.75) is 26.9 Å². The van der Waals surface area contributed by atoms with E-state index in [2.05, 4.69) is 15.4 Å². The van der Waals surface area contributed by atoms with Crippen molar-refractivity contribution < 1.29 is 4.79 Å². The third kappa shape index (κ3) is 3.84. The molecule has 2 heterocycles. The number of aryl methyl sites for hydroxylation is 2. The molecule has 0 unspecified atom stereocenters. The standard InChI is InChI=1S/C22H20ClN5O2/c1-14-7-8-17(9-15(14)2)28-21-18(11-26-28)22(30)27(13-25-21)12-20(29)24-10-16-5-3-4-6-19(16)23/h3-9,11,13H,10,12H2,1-2H3,(H,24,29). The fourth-order valence-corrected chi connectivity index (χ4v) is 3.36. The Morgan fingerprint density at radius 2 is 1.93 bits per heavy atom. The zero-order valence-electron chi connectivity index (χ0n) is 16.6. The van der Waals surface area contributed by atoms with Crippen molar-refractivity contribution in [1.29, 1.82) is 0 Å². The molecule has 0 saturated heterocycles. The van der Waals surface area contributed by atoms with Crippen LogP contribution in [0.3, 0.4) is 0 Å². The van der Waals surface area contributed by atoms with Crippen LogP contribution in [0.5, 0.6) is 0 Å². The fourth-order valence-electron chi connectivity index (χ4n) is 3.15. The van der Waals surface area contributed by atoms with Crippen molar-refractivity contribution in [1.82, 2.24) is 24.6 Å². The molecule has 0 saturated carbocycles. The van der Waals surface area contributed by atoms with Gasteiger partial charge in [-0.05, 0) is 48.7 Å². The highest BCUT2D eigenvalue weighted by molar-refractivity contribution is 6.31. The zero-order chi connectivity index (χ0) is 21.3. The first kappa shape index (κ1) is 19.8. The summed E-state index contributed by atoms with van der Waals surface area (Å²) in [4.78, 5) is 29.5. The average molecular weight is 422 g/mol. The van der Waals surface area contributed by atoms with Crippen LogP contribution in [0.4, 0.5) is 0 Å². The molecule has 0 aliphatic carbocycles. The van der Waals surface area contributed by atoms with E-state index >= 15 is 0 Å². The van der Waals surface area contributed by atoms with Crippen molar-refractivity contribution in [3.05, 3.63) is 87.1 Å². The summed E-state index contributed by atoms with van der Waals surface area (Å²) in [6.45, 7) is 4.20. The third-order valence-corrected chi connectivity index (χ3v) is 5.41. The lowest BCUT2D eigenvalue weighted by molar-refractivity contribution is -0.121. The maximum absolute atomic E-state index is 12.8. The van der Waals surface area contributed by atoms with Gasteiger partial charge in [0.25, 0.3) is 5.56 Å². The molecular formula is C22H20ClN5O2. The second-order valence-electron chi connectivity index (χ2n) is 7.11. The van der Waals surface area contributed by atoms with Crippen LogP contribution >= 0.6 is 11.6 Å². The van der Waals surface area contributed by atoms with Crippen LogP contribution in [-0.2, 0) is 17.9 Å². The maximum atomic E-state index is 12.8. The first-order valence-corrected chi connectivity index (χ1v) is 9.83. The monoisotopic (exact) mass is 421 g/mol. The first-order valence-electron chi connectivity index (χ1n) is 9.45. The number of carbonyl (C=O) groups excluding carboxylic acids is 1. The molecule has 4 aromatic rings. The first-order chi connectivity index (χ1) is 14.4. The number of hydrogen-bond donors (Lipinski definition) is 1. The molecule has 7 nitrogen and oxygen atoms in total. The minimum absolute atomic E-state index is 0.138. The van der Waals surface area contributed by atoms with Crippen LogP contribution < -0.4 is 10.9 Å². The summed E-state index contributed by atoms with van der Waals surface area (Å²) < 4.78 is 2.90. The maximum Gasteiger partial charge on any atom is 0.264 e. The highest BCUT2D eigenvalue weighted by atomic mass is 35.5. The largest absolute Gasteiger partial charge is 0.350 e. The Bertz CT molecular complexity index is 1310. The van der Waals surface area contributed by atoms with Crippen molar-refractivity contribution in [3.63, 3.8) is 0 Å². The minimum atomic E-state index is -0.317. The summed E-state index contributed by atoms with van der Waals surface area (Å²) >= 11 is 6.10. The van der Waals surface area contributed by atoms with Crippen LogP contribution in [0.2, 0.25) is 5.02 Å². The fraction of sp³-hybridized carbons (Fsp3) is 0.182. The molecule has 0 fully saturated rings. The summed E-state index contributed by atoms with van der Waals surface area (Å²) in [6, 6.07) is 13.2. The molecule has 8 heteroatoms. The normalized spacial score (nSPS) is 11.0. The number of carbonyl (C=O) groups is 1. The van der Waals surface area contributed by atoms with Gasteiger partial charge in [0.1, 0.15) is 18.3 Å². The van der Waals surface area contributed by atoms with Gasteiger partial charge < -0.3 is 5.32 Å².